The molecule has 3 rings (SSSR count). The molecule has 1 aromatic heterocycles. The Morgan fingerprint density at radius 2 is 1.97 bits per heavy atom. The lowest BCUT2D eigenvalue weighted by atomic mass is 9.78. The molecule has 1 atom stereocenters. The van der Waals surface area contributed by atoms with Crippen LogP contribution in [0.5, 0.6) is 5.75 Å². The minimum Gasteiger partial charge on any atom is -0.496 e. The lowest BCUT2D eigenvalue weighted by Crippen LogP contribution is -2.32. The van der Waals surface area contributed by atoms with Gasteiger partial charge in [-0.25, -0.2) is 0 Å². The number of hydrogen-bond donors (Lipinski definition) is 1. The monoisotopic (exact) mass is 390 g/mol. The van der Waals surface area contributed by atoms with Gasteiger partial charge in [-0.3, -0.25) is 4.79 Å². The van der Waals surface area contributed by atoms with Crippen molar-refractivity contribution in [1.29, 1.82) is 5.41 Å². The summed E-state index contributed by atoms with van der Waals surface area (Å²) >= 11 is 0. The van der Waals surface area contributed by atoms with Gasteiger partial charge in [-0.05, 0) is 54.5 Å². The van der Waals surface area contributed by atoms with Crippen LogP contribution < -0.4 is 10.2 Å². The van der Waals surface area contributed by atoms with E-state index < -0.39 is 0 Å². The molecule has 0 fully saturated rings. The van der Waals surface area contributed by atoms with Gasteiger partial charge in [0.15, 0.2) is 5.43 Å². The Hall–Kier alpha value is -2.88. The molecule has 1 aliphatic heterocycles. The summed E-state index contributed by atoms with van der Waals surface area (Å²) in [6, 6.07) is 6.04. The SMILES string of the molecule is C=C(C)c1cn2c(cc1=O)-c1cc(OC)c(/C(C=N)=C/C)cc1CC2C(C)(C)C. The molecule has 1 unspecified atom stereocenters. The summed E-state index contributed by atoms with van der Waals surface area (Å²) in [6.07, 6.45) is 6.08. The topological polar surface area (TPSA) is 55.1 Å². The van der Waals surface area contributed by atoms with Crippen molar-refractivity contribution < 1.29 is 4.74 Å². The molecule has 1 aromatic carbocycles. The summed E-state index contributed by atoms with van der Waals surface area (Å²) in [6.45, 7) is 14.5. The summed E-state index contributed by atoms with van der Waals surface area (Å²) in [5.41, 5.74) is 6.24. The predicted molar refractivity (Wildman–Crippen MR) is 122 cm³/mol. The van der Waals surface area contributed by atoms with Crippen molar-refractivity contribution in [3.8, 4) is 17.0 Å². The Morgan fingerprint density at radius 1 is 1.28 bits per heavy atom. The Bertz CT molecular complexity index is 1080. The third-order valence-corrected chi connectivity index (χ3v) is 5.77. The average Bonchev–Trinajstić information content (AvgIpc) is 2.66. The van der Waals surface area contributed by atoms with Gasteiger partial charge in [0.25, 0.3) is 0 Å². The number of rotatable bonds is 4. The van der Waals surface area contributed by atoms with Crippen LogP contribution >= 0.6 is 0 Å². The number of aromatic nitrogens is 1. The molecule has 4 nitrogen and oxygen atoms in total. The van der Waals surface area contributed by atoms with Crippen molar-refractivity contribution in [2.24, 2.45) is 5.41 Å². The number of ether oxygens (including phenoxy) is 1. The van der Waals surface area contributed by atoms with Crippen molar-refractivity contribution in [3.63, 3.8) is 0 Å². The van der Waals surface area contributed by atoms with E-state index in [0.717, 1.165) is 34.4 Å². The number of methoxy groups -OCH3 is 1. The Morgan fingerprint density at radius 3 is 2.48 bits per heavy atom. The third-order valence-electron chi connectivity index (χ3n) is 5.77. The Kier molecular flexibility index (Phi) is 5.40. The minimum absolute atomic E-state index is 0.00107. The largest absolute Gasteiger partial charge is 0.496 e. The van der Waals surface area contributed by atoms with Crippen LogP contribution in [0.3, 0.4) is 0 Å². The highest BCUT2D eigenvalue weighted by Gasteiger charge is 2.33. The van der Waals surface area contributed by atoms with Gasteiger partial charge in [0.2, 0.25) is 0 Å². The molecule has 1 aliphatic rings. The number of allylic oxidation sites excluding steroid dienone is 3. The summed E-state index contributed by atoms with van der Waals surface area (Å²) in [4.78, 5) is 12.8. The van der Waals surface area contributed by atoms with Crippen LogP contribution in [0.4, 0.5) is 0 Å². The minimum atomic E-state index is -0.0130. The Balaban J connectivity index is 2.36. The maximum Gasteiger partial charge on any atom is 0.189 e. The lowest BCUT2D eigenvalue weighted by molar-refractivity contribution is 0.237. The second-order valence-electron chi connectivity index (χ2n) is 8.81. The number of pyridine rings is 1. The standard InChI is InChI=1S/C25H30N2O2/c1-8-16(13-26)19-9-17-10-24(25(4,5)6)27-14-20(15(2)3)22(28)12-21(27)18(17)11-23(19)29-7/h8-9,11-14,24,26H,2,10H2,1,3-7H3/b16-8+,26-13?. The zero-order valence-electron chi connectivity index (χ0n) is 18.2. The molecule has 0 saturated carbocycles. The van der Waals surface area contributed by atoms with Gasteiger partial charge in [-0.1, -0.05) is 33.4 Å². The lowest BCUT2D eigenvalue weighted by Gasteiger charge is -2.39. The number of fused-ring (bicyclic) bond motifs is 3. The Labute approximate surface area is 173 Å². The first-order chi connectivity index (χ1) is 13.6. The van der Waals surface area contributed by atoms with E-state index in [2.05, 4.69) is 38.0 Å². The van der Waals surface area contributed by atoms with E-state index in [1.165, 1.54) is 11.8 Å². The molecule has 0 saturated heterocycles. The van der Waals surface area contributed by atoms with Crippen LogP contribution in [0.2, 0.25) is 0 Å². The van der Waals surface area contributed by atoms with E-state index in [1.807, 2.05) is 32.2 Å². The molecular weight excluding hydrogens is 360 g/mol. The van der Waals surface area contributed by atoms with Gasteiger partial charge < -0.3 is 14.7 Å². The molecule has 4 heteroatoms. The van der Waals surface area contributed by atoms with Gasteiger partial charge in [0, 0.05) is 41.2 Å². The van der Waals surface area contributed by atoms with Crippen LogP contribution in [0.25, 0.3) is 22.4 Å². The maximum absolute atomic E-state index is 12.8. The fraction of sp³-hybridized carbons (Fsp3) is 0.360. The van der Waals surface area contributed by atoms with E-state index in [9.17, 15) is 4.79 Å². The van der Waals surface area contributed by atoms with E-state index in [-0.39, 0.29) is 16.9 Å². The van der Waals surface area contributed by atoms with Gasteiger partial charge in [0.1, 0.15) is 5.75 Å². The first kappa shape index (κ1) is 20.8. The molecule has 0 bridgehead atoms. The van der Waals surface area contributed by atoms with E-state index in [4.69, 9.17) is 10.1 Å². The first-order valence-corrected chi connectivity index (χ1v) is 9.92. The zero-order valence-corrected chi connectivity index (χ0v) is 18.2. The van der Waals surface area contributed by atoms with E-state index >= 15 is 0 Å². The smallest absolute Gasteiger partial charge is 0.189 e. The van der Waals surface area contributed by atoms with Crippen molar-refractivity contribution in [2.75, 3.05) is 7.11 Å². The predicted octanol–water partition coefficient (Wildman–Crippen LogP) is 5.75. The second-order valence-corrected chi connectivity index (χ2v) is 8.81. The summed E-state index contributed by atoms with van der Waals surface area (Å²) < 4.78 is 7.89. The highest BCUT2D eigenvalue weighted by Crippen LogP contribution is 2.45. The molecule has 2 aromatic rings. The number of benzene rings is 1. The normalized spacial score (nSPS) is 16.1. The number of nitrogens with zero attached hydrogens (tertiary/aromatic N) is 1. The fourth-order valence-electron chi connectivity index (χ4n) is 4.12. The highest BCUT2D eigenvalue weighted by molar-refractivity contribution is 6.09. The van der Waals surface area contributed by atoms with Gasteiger partial charge >= 0.3 is 0 Å². The van der Waals surface area contributed by atoms with Crippen molar-refractivity contribution in [1.82, 2.24) is 4.57 Å². The molecule has 0 amide bonds. The third kappa shape index (κ3) is 3.59. The molecule has 2 heterocycles. The fourth-order valence-corrected chi connectivity index (χ4v) is 4.12. The molecule has 1 N–H and O–H groups in total. The van der Waals surface area contributed by atoms with Crippen LogP contribution in [0, 0.1) is 10.8 Å². The van der Waals surface area contributed by atoms with Gasteiger partial charge in [-0.15, -0.1) is 0 Å². The molecule has 0 radical (unpaired) electrons. The summed E-state index contributed by atoms with van der Waals surface area (Å²) in [5.74, 6) is 0.706. The van der Waals surface area contributed by atoms with Gasteiger partial charge in [-0.2, -0.15) is 0 Å². The first-order valence-electron chi connectivity index (χ1n) is 9.92. The number of hydrogen-bond acceptors (Lipinski definition) is 3. The average molecular weight is 391 g/mol. The highest BCUT2D eigenvalue weighted by atomic mass is 16.5. The number of nitrogens with one attached hydrogen (secondary N) is 1. The molecular formula is C25H30N2O2. The maximum atomic E-state index is 12.8. The second kappa shape index (κ2) is 7.51. The van der Waals surface area contributed by atoms with E-state index in [0.29, 0.717) is 11.3 Å². The summed E-state index contributed by atoms with van der Waals surface area (Å²) in [7, 11) is 1.64. The van der Waals surface area contributed by atoms with Crippen molar-refractivity contribution in [3.05, 3.63) is 64.0 Å². The van der Waals surface area contributed by atoms with Crippen LogP contribution in [0.1, 0.15) is 57.4 Å². The van der Waals surface area contributed by atoms with Crippen molar-refractivity contribution >= 4 is 17.4 Å². The molecule has 152 valence electrons. The van der Waals surface area contributed by atoms with Crippen LogP contribution in [-0.4, -0.2) is 17.9 Å². The van der Waals surface area contributed by atoms with Crippen LogP contribution in [0.15, 0.2) is 41.8 Å². The molecule has 0 spiro atoms. The summed E-state index contributed by atoms with van der Waals surface area (Å²) in [5, 5.41) is 7.75. The quantitative estimate of drug-likeness (QED) is 0.676. The molecule has 29 heavy (non-hydrogen) atoms. The van der Waals surface area contributed by atoms with Crippen molar-refractivity contribution in [2.45, 2.75) is 47.1 Å². The van der Waals surface area contributed by atoms with E-state index in [1.54, 1.807) is 13.2 Å². The van der Waals surface area contributed by atoms with Crippen LogP contribution in [-0.2, 0) is 6.42 Å². The zero-order chi connectivity index (χ0) is 21.5. The van der Waals surface area contributed by atoms with Gasteiger partial charge in [0.05, 0.1) is 12.8 Å². The molecule has 0 aliphatic carbocycles.